The van der Waals surface area contributed by atoms with Crippen LogP contribution in [0.3, 0.4) is 0 Å². The van der Waals surface area contributed by atoms with Gasteiger partial charge in [0, 0.05) is 13.7 Å². The van der Waals surface area contributed by atoms with Gasteiger partial charge in [-0.3, -0.25) is 4.90 Å². The third kappa shape index (κ3) is 4.74. The molecule has 0 atom stereocenters. The van der Waals surface area contributed by atoms with Crippen LogP contribution in [-0.4, -0.2) is 55.8 Å². The molecule has 0 aromatic carbocycles. The van der Waals surface area contributed by atoms with Gasteiger partial charge in [-0.25, -0.2) is 4.79 Å². The van der Waals surface area contributed by atoms with Crippen LogP contribution >= 0.6 is 0 Å². The molecule has 0 aliphatic rings. The number of ether oxygens (including phenoxy) is 1. The molecule has 0 saturated carbocycles. The van der Waals surface area contributed by atoms with Gasteiger partial charge >= 0.3 is 11.9 Å². The topological polar surface area (TPSA) is 49.8 Å². The molecule has 4 nitrogen and oxygen atoms in total. The third-order valence-corrected chi connectivity index (χ3v) is 1.46. The van der Waals surface area contributed by atoms with E-state index in [1.165, 1.54) is 19.1 Å². The predicted molar refractivity (Wildman–Crippen MR) is 42.0 cm³/mol. The van der Waals surface area contributed by atoms with E-state index in [0.29, 0.717) is 6.61 Å². The molecule has 78 valence electrons. The lowest BCUT2D eigenvalue weighted by atomic mass is 10.3. The van der Waals surface area contributed by atoms with Crippen molar-refractivity contribution in [2.24, 2.45) is 0 Å². The average Bonchev–Trinajstić information content (AvgIpc) is 1.99. The SMILES string of the molecule is COCCN(C)CC(F)(F)C(=O)O. The minimum atomic E-state index is -3.69. The Balaban J connectivity index is 3.89. The smallest absolute Gasteiger partial charge is 0.375 e. The maximum Gasteiger partial charge on any atom is 0.375 e. The van der Waals surface area contributed by atoms with Gasteiger partial charge in [0.05, 0.1) is 13.2 Å². The molecule has 0 spiro atoms. The van der Waals surface area contributed by atoms with Crippen molar-refractivity contribution in [3.8, 4) is 0 Å². The van der Waals surface area contributed by atoms with Gasteiger partial charge in [-0.1, -0.05) is 0 Å². The van der Waals surface area contributed by atoms with Crippen molar-refractivity contribution in [1.29, 1.82) is 0 Å². The van der Waals surface area contributed by atoms with Crippen molar-refractivity contribution in [3.63, 3.8) is 0 Å². The lowest BCUT2D eigenvalue weighted by molar-refractivity contribution is -0.167. The van der Waals surface area contributed by atoms with Crippen molar-refractivity contribution in [3.05, 3.63) is 0 Å². The lowest BCUT2D eigenvalue weighted by Crippen LogP contribution is -2.41. The summed E-state index contributed by atoms with van der Waals surface area (Å²) in [6, 6.07) is 0. The monoisotopic (exact) mass is 197 g/mol. The summed E-state index contributed by atoms with van der Waals surface area (Å²) in [6.45, 7) is -0.225. The average molecular weight is 197 g/mol. The number of carbonyl (C=O) groups is 1. The zero-order valence-electron chi connectivity index (χ0n) is 7.59. The standard InChI is InChI=1S/C7H13F2NO3/c1-10(3-4-13-2)5-7(8,9)6(11)12/h3-5H2,1-2H3,(H,11,12). The van der Waals surface area contributed by atoms with E-state index in [9.17, 15) is 13.6 Å². The molecule has 0 amide bonds. The highest BCUT2D eigenvalue weighted by Crippen LogP contribution is 2.14. The first kappa shape index (κ1) is 12.2. The number of carboxylic acid groups (broad SMARTS) is 1. The van der Waals surface area contributed by atoms with Crippen LogP contribution < -0.4 is 0 Å². The Morgan fingerprint density at radius 2 is 2.15 bits per heavy atom. The van der Waals surface area contributed by atoms with E-state index in [1.54, 1.807) is 0 Å². The number of aliphatic carboxylic acids is 1. The van der Waals surface area contributed by atoms with Crippen LogP contribution in [0, 0.1) is 0 Å². The van der Waals surface area contributed by atoms with Crippen molar-refractivity contribution >= 4 is 5.97 Å². The molecule has 0 rings (SSSR count). The molecule has 1 N–H and O–H groups in total. The molecule has 0 fully saturated rings. The second-order valence-corrected chi connectivity index (χ2v) is 2.74. The Morgan fingerprint density at radius 1 is 1.62 bits per heavy atom. The maximum absolute atomic E-state index is 12.5. The normalized spacial score (nSPS) is 12.1. The van der Waals surface area contributed by atoms with Crippen LogP contribution in [0.5, 0.6) is 0 Å². The van der Waals surface area contributed by atoms with Crippen molar-refractivity contribution < 1.29 is 23.4 Å². The summed E-state index contributed by atoms with van der Waals surface area (Å²) in [5.41, 5.74) is 0. The predicted octanol–water partition coefficient (Wildman–Crippen LogP) is 0.285. The molecule has 0 unspecified atom stereocenters. The first-order valence-corrected chi connectivity index (χ1v) is 3.69. The summed E-state index contributed by atoms with van der Waals surface area (Å²) < 4.78 is 29.7. The Bertz CT molecular complexity index is 175. The van der Waals surface area contributed by atoms with Gasteiger partial charge in [0.2, 0.25) is 0 Å². The fourth-order valence-electron chi connectivity index (χ4n) is 0.733. The molecule has 0 heterocycles. The Kier molecular flexibility index (Phi) is 4.79. The fraction of sp³-hybridized carbons (Fsp3) is 0.857. The summed E-state index contributed by atoms with van der Waals surface area (Å²) in [7, 11) is 2.86. The highest BCUT2D eigenvalue weighted by Gasteiger charge is 2.39. The Labute approximate surface area is 75.1 Å². The van der Waals surface area contributed by atoms with Gasteiger partial charge in [-0.15, -0.1) is 0 Å². The van der Waals surface area contributed by atoms with E-state index in [-0.39, 0.29) is 6.54 Å². The second kappa shape index (κ2) is 5.08. The highest BCUT2D eigenvalue weighted by molar-refractivity contribution is 5.75. The van der Waals surface area contributed by atoms with Crippen molar-refractivity contribution in [1.82, 2.24) is 4.90 Å². The molecule has 0 bridgehead atoms. The van der Waals surface area contributed by atoms with Crippen LogP contribution in [0.15, 0.2) is 0 Å². The molecule has 0 radical (unpaired) electrons. The lowest BCUT2D eigenvalue weighted by Gasteiger charge is -2.20. The van der Waals surface area contributed by atoms with Gasteiger partial charge in [-0.2, -0.15) is 8.78 Å². The number of hydrogen-bond donors (Lipinski definition) is 1. The number of methoxy groups -OCH3 is 1. The van der Waals surface area contributed by atoms with E-state index >= 15 is 0 Å². The van der Waals surface area contributed by atoms with E-state index in [4.69, 9.17) is 5.11 Å². The molecule has 0 aliphatic heterocycles. The molecular formula is C7H13F2NO3. The van der Waals surface area contributed by atoms with E-state index in [1.807, 2.05) is 0 Å². The molecule has 0 aliphatic carbocycles. The molecule has 0 aromatic rings. The van der Waals surface area contributed by atoms with Gasteiger partial charge in [-0.05, 0) is 7.05 Å². The van der Waals surface area contributed by atoms with E-state index < -0.39 is 18.4 Å². The molecule has 13 heavy (non-hydrogen) atoms. The number of nitrogens with zero attached hydrogens (tertiary/aromatic N) is 1. The van der Waals surface area contributed by atoms with Gasteiger partial charge in [0.25, 0.3) is 0 Å². The van der Waals surface area contributed by atoms with Crippen molar-refractivity contribution in [2.75, 3.05) is 33.9 Å². The number of likely N-dealkylation sites (N-methyl/N-ethyl adjacent to an activating group) is 1. The number of hydrogen-bond acceptors (Lipinski definition) is 3. The summed E-state index contributed by atoms with van der Waals surface area (Å²) in [6.07, 6.45) is 0. The number of rotatable bonds is 6. The molecular weight excluding hydrogens is 184 g/mol. The highest BCUT2D eigenvalue weighted by atomic mass is 19.3. The second-order valence-electron chi connectivity index (χ2n) is 2.74. The van der Waals surface area contributed by atoms with Gasteiger partial charge in [0.1, 0.15) is 0 Å². The maximum atomic E-state index is 12.5. The first-order valence-electron chi connectivity index (χ1n) is 3.69. The number of alkyl halides is 2. The minimum absolute atomic E-state index is 0.277. The first-order chi connectivity index (χ1) is 5.90. The van der Waals surface area contributed by atoms with Gasteiger partial charge in [0.15, 0.2) is 0 Å². The number of halogens is 2. The van der Waals surface area contributed by atoms with Crippen LogP contribution in [0.1, 0.15) is 0 Å². The molecule has 0 aromatic heterocycles. The van der Waals surface area contributed by atoms with Crippen LogP contribution in [0.2, 0.25) is 0 Å². The largest absolute Gasteiger partial charge is 0.477 e. The van der Waals surface area contributed by atoms with Crippen LogP contribution in [0.4, 0.5) is 8.78 Å². The van der Waals surface area contributed by atoms with E-state index in [2.05, 4.69) is 4.74 Å². The Morgan fingerprint density at radius 3 is 2.54 bits per heavy atom. The summed E-state index contributed by atoms with van der Waals surface area (Å²) in [5, 5.41) is 8.11. The van der Waals surface area contributed by atoms with Gasteiger partial charge < -0.3 is 9.84 Å². The Hall–Kier alpha value is -0.750. The van der Waals surface area contributed by atoms with E-state index in [0.717, 1.165) is 0 Å². The molecule has 0 saturated heterocycles. The summed E-state index contributed by atoms with van der Waals surface area (Å²) in [5.74, 6) is -5.79. The zero-order valence-corrected chi connectivity index (χ0v) is 7.59. The third-order valence-electron chi connectivity index (χ3n) is 1.46. The summed E-state index contributed by atoms with van der Waals surface area (Å²) >= 11 is 0. The van der Waals surface area contributed by atoms with Crippen LogP contribution in [0.25, 0.3) is 0 Å². The zero-order chi connectivity index (χ0) is 10.5. The summed E-state index contributed by atoms with van der Waals surface area (Å²) in [4.78, 5) is 11.2. The molecule has 6 heteroatoms. The quantitative estimate of drug-likeness (QED) is 0.664. The number of carboxylic acids is 1. The van der Waals surface area contributed by atoms with Crippen LogP contribution in [-0.2, 0) is 9.53 Å². The minimum Gasteiger partial charge on any atom is -0.477 e. The van der Waals surface area contributed by atoms with Crippen molar-refractivity contribution in [2.45, 2.75) is 5.92 Å². The fourth-order valence-corrected chi connectivity index (χ4v) is 0.733.